The third kappa shape index (κ3) is 1.27. The molecule has 1 heterocycles. The average Bonchev–Trinajstić information content (AvgIpc) is 2.90. The van der Waals surface area contributed by atoms with Crippen molar-refractivity contribution in [1.29, 1.82) is 0 Å². The topological polar surface area (TPSA) is 46.5 Å². The van der Waals surface area contributed by atoms with Crippen LogP contribution in [0, 0.1) is 17.3 Å². The Morgan fingerprint density at radius 3 is 2.75 bits per heavy atom. The maximum atomic E-state index is 11.7. The lowest BCUT2D eigenvalue weighted by Gasteiger charge is -2.40. The lowest BCUT2D eigenvalue weighted by molar-refractivity contribution is -0.166. The third-order valence-corrected chi connectivity index (χ3v) is 4.59. The van der Waals surface area contributed by atoms with Crippen LogP contribution in [0.25, 0.3) is 0 Å². The van der Waals surface area contributed by atoms with E-state index in [9.17, 15) is 9.90 Å². The van der Waals surface area contributed by atoms with E-state index >= 15 is 0 Å². The molecule has 1 saturated heterocycles. The highest BCUT2D eigenvalue weighted by Gasteiger charge is 2.58. The molecule has 2 bridgehead atoms. The summed E-state index contributed by atoms with van der Waals surface area (Å²) in [6.45, 7) is 0.737. The Bertz CT molecular complexity index is 330. The van der Waals surface area contributed by atoms with Crippen LogP contribution in [0.15, 0.2) is 12.2 Å². The molecule has 1 N–H and O–H groups in total. The minimum atomic E-state index is -0.642. The maximum absolute atomic E-state index is 11.7. The second-order valence-corrected chi connectivity index (χ2v) is 5.39. The Balaban J connectivity index is 1.91. The molecule has 0 radical (unpaired) electrons. The van der Waals surface area contributed by atoms with E-state index in [2.05, 4.69) is 12.2 Å². The Labute approximate surface area is 95.5 Å². The van der Waals surface area contributed by atoms with E-state index in [0.717, 1.165) is 38.7 Å². The number of carbonyl (C=O) groups is 1. The summed E-state index contributed by atoms with van der Waals surface area (Å²) in [7, 11) is 0. The molecule has 0 spiro atoms. The molecule has 3 heteroatoms. The Morgan fingerprint density at radius 1 is 1.38 bits per heavy atom. The van der Waals surface area contributed by atoms with E-state index < -0.39 is 11.4 Å². The molecule has 0 aromatic rings. The first-order valence-electron chi connectivity index (χ1n) is 6.27. The van der Waals surface area contributed by atoms with E-state index in [1.54, 1.807) is 0 Å². The zero-order chi connectivity index (χ0) is 11.2. The molecular formula is C13H18O3. The molecule has 3 nitrogen and oxygen atoms in total. The smallest absolute Gasteiger partial charge is 0.312 e. The monoisotopic (exact) mass is 222 g/mol. The van der Waals surface area contributed by atoms with Crippen molar-refractivity contribution in [2.75, 3.05) is 6.61 Å². The van der Waals surface area contributed by atoms with Crippen molar-refractivity contribution < 1.29 is 14.6 Å². The summed E-state index contributed by atoms with van der Waals surface area (Å²) in [5.74, 6) is 0.0426. The summed E-state index contributed by atoms with van der Waals surface area (Å²) in [5, 5.41) is 9.62. The van der Waals surface area contributed by atoms with E-state index in [-0.39, 0.29) is 12.0 Å². The van der Waals surface area contributed by atoms with Gasteiger partial charge in [0, 0.05) is 6.61 Å². The summed E-state index contributed by atoms with van der Waals surface area (Å²) < 4.78 is 5.76. The fraction of sp³-hybridized carbons (Fsp3) is 0.769. The van der Waals surface area contributed by atoms with Crippen LogP contribution in [0.4, 0.5) is 0 Å². The predicted molar refractivity (Wildman–Crippen MR) is 59.0 cm³/mol. The van der Waals surface area contributed by atoms with Gasteiger partial charge in [-0.05, 0) is 43.9 Å². The van der Waals surface area contributed by atoms with Crippen molar-refractivity contribution in [1.82, 2.24) is 0 Å². The SMILES string of the molecule is O=C(O)[C@]1([C@@H]2CCCCO2)C[C@@H]2C=C[C@@H]1C2. The number of allylic oxidation sites excluding steroid dienone is 2. The Kier molecular flexibility index (Phi) is 2.32. The van der Waals surface area contributed by atoms with Gasteiger partial charge < -0.3 is 9.84 Å². The number of rotatable bonds is 2. The molecule has 88 valence electrons. The van der Waals surface area contributed by atoms with Crippen molar-refractivity contribution >= 4 is 5.97 Å². The van der Waals surface area contributed by atoms with Crippen LogP contribution >= 0.6 is 0 Å². The fourth-order valence-electron chi connectivity index (χ4n) is 3.79. The van der Waals surface area contributed by atoms with Crippen molar-refractivity contribution in [2.45, 2.75) is 38.2 Å². The summed E-state index contributed by atoms with van der Waals surface area (Å²) in [4.78, 5) is 11.7. The van der Waals surface area contributed by atoms with Gasteiger partial charge >= 0.3 is 5.97 Å². The van der Waals surface area contributed by atoms with Gasteiger partial charge in [0.2, 0.25) is 0 Å². The van der Waals surface area contributed by atoms with Crippen LogP contribution in [0.1, 0.15) is 32.1 Å². The first kappa shape index (κ1) is 10.3. The molecule has 0 unspecified atom stereocenters. The molecule has 16 heavy (non-hydrogen) atoms. The van der Waals surface area contributed by atoms with E-state index in [1.807, 2.05) is 0 Å². The number of aliphatic carboxylic acids is 1. The number of ether oxygens (including phenoxy) is 1. The zero-order valence-electron chi connectivity index (χ0n) is 9.39. The highest BCUT2D eigenvalue weighted by Crippen LogP contribution is 2.56. The summed E-state index contributed by atoms with van der Waals surface area (Å²) >= 11 is 0. The van der Waals surface area contributed by atoms with Crippen LogP contribution in [-0.4, -0.2) is 23.8 Å². The van der Waals surface area contributed by atoms with Gasteiger partial charge in [-0.1, -0.05) is 12.2 Å². The first-order chi connectivity index (χ1) is 7.73. The molecule has 1 saturated carbocycles. The normalized spacial score (nSPS) is 46.1. The molecule has 0 aromatic heterocycles. The second kappa shape index (κ2) is 3.59. The lowest BCUT2D eigenvalue weighted by atomic mass is 9.69. The average molecular weight is 222 g/mol. The van der Waals surface area contributed by atoms with Crippen molar-refractivity contribution in [3.8, 4) is 0 Å². The summed E-state index contributed by atoms with van der Waals surface area (Å²) in [6, 6.07) is 0. The van der Waals surface area contributed by atoms with Crippen molar-refractivity contribution in [3.63, 3.8) is 0 Å². The highest BCUT2D eigenvalue weighted by molar-refractivity contribution is 5.77. The quantitative estimate of drug-likeness (QED) is 0.729. The number of hydrogen-bond donors (Lipinski definition) is 1. The maximum Gasteiger partial charge on any atom is 0.312 e. The Morgan fingerprint density at radius 2 is 2.25 bits per heavy atom. The van der Waals surface area contributed by atoms with Crippen LogP contribution in [0.5, 0.6) is 0 Å². The zero-order valence-corrected chi connectivity index (χ0v) is 9.39. The largest absolute Gasteiger partial charge is 0.481 e. The van der Waals surface area contributed by atoms with Gasteiger partial charge in [-0.15, -0.1) is 0 Å². The van der Waals surface area contributed by atoms with E-state index in [1.165, 1.54) is 0 Å². The fourth-order valence-corrected chi connectivity index (χ4v) is 3.79. The summed E-state index contributed by atoms with van der Waals surface area (Å²) in [5.41, 5.74) is -0.611. The molecule has 1 aliphatic heterocycles. The van der Waals surface area contributed by atoms with Crippen LogP contribution in [0.2, 0.25) is 0 Å². The van der Waals surface area contributed by atoms with Gasteiger partial charge in [-0.25, -0.2) is 0 Å². The number of carboxylic acid groups (broad SMARTS) is 1. The van der Waals surface area contributed by atoms with E-state index in [0.29, 0.717) is 5.92 Å². The number of carboxylic acids is 1. The minimum Gasteiger partial charge on any atom is -0.481 e. The van der Waals surface area contributed by atoms with Gasteiger partial charge in [-0.3, -0.25) is 4.79 Å². The van der Waals surface area contributed by atoms with Gasteiger partial charge in [0.25, 0.3) is 0 Å². The van der Waals surface area contributed by atoms with Crippen LogP contribution in [-0.2, 0) is 9.53 Å². The molecule has 3 rings (SSSR count). The molecule has 2 fully saturated rings. The van der Waals surface area contributed by atoms with Crippen LogP contribution in [0.3, 0.4) is 0 Å². The van der Waals surface area contributed by atoms with Crippen molar-refractivity contribution in [2.24, 2.45) is 17.3 Å². The van der Waals surface area contributed by atoms with Crippen LogP contribution < -0.4 is 0 Å². The lowest BCUT2D eigenvalue weighted by Crippen LogP contribution is -2.48. The standard InChI is InChI=1S/C13H18O3/c14-12(15)13(11-3-1-2-6-16-11)8-9-4-5-10(13)7-9/h4-5,9-11H,1-3,6-8H2,(H,14,15)/t9-,10-,11+,13-/m1/s1. The van der Waals surface area contributed by atoms with Gasteiger partial charge in [0.15, 0.2) is 0 Å². The highest BCUT2D eigenvalue weighted by atomic mass is 16.5. The predicted octanol–water partition coefficient (Wildman–Crippen LogP) is 2.22. The molecule has 0 amide bonds. The number of fused-ring (bicyclic) bond motifs is 2. The van der Waals surface area contributed by atoms with Gasteiger partial charge in [0.1, 0.15) is 5.41 Å². The first-order valence-corrected chi connectivity index (χ1v) is 6.27. The minimum absolute atomic E-state index is 0.0568. The second-order valence-electron chi connectivity index (χ2n) is 5.39. The van der Waals surface area contributed by atoms with Gasteiger partial charge in [0.05, 0.1) is 6.10 Å². The molecule has 0 aromatic carbocycles. The molecular weight excluding hydrogens is 204 g/mol. The van der Waals surface area contributed by atoms with Crippen molar-refractivity contribution in [3.05, 3.63) is 12.2 Å². The Hall–Kier alpha value is -0.830. The van der Waals surface area contributed by atoms with Gasteiger partial charge in [-0.2, -0.15) is 0 Å². The van der Waals surface area contributed by atoms with E-state index in [4.69, 9.17) is 4.74 Å². The molecule has 3 aliphatic rings. The number of hydrogen-bond acceptors (Lipinski definition) is 2. The summed E-state index contributed by atoms with van der Waals surface area (Å²) in [6.07, 6.45) is 9.16. The third-order valence-electron chi connectivity index (χ3n) is 4.59. The molecule has 4 atom stereocenters. The molecule has 2 aliphatic carbocycles.